The molecule has 154 valence electrons. The average molecular weight is 418 g/mol. The van der Waals surface area contributed by atoms with E-state index in [-0.39, 0.29) is 29.8 Å². The largest absolute Gasteiger partial charge is 0.342 e. The molecule has 1 fully saturated rings. The number of halogens is 1. The van der Waals surface area contributed by atoms with Gasteiger partial charge in [-0.3, -0.25) is 4.79 Å². The predicted molar refractivity (Wildman–Crippen MR) is 111 cm³/mol. The van der Waals surface area contributed by atoms with Gasteiger partial charge in [0.1, 0.15) is 0 Å². The molecule has 0 spiro atoms. The Balaban J connectivity index is 0.00000364. The summed E-state index contributed by atoms with van der Waals surface area (Å²) in [4.78, 5) is 14.6. The SMILES string of the molecule is CNCCC1CCN(C(=O)CN(C)S(=O)(=O)c2ccc(C)c(C)c2)CC1.Cl. The third-order valence-corrected chi connectivity index (χ3v) is 7.11. The number of nitrogens with one attached hydrogen (secondary N) is 1. The predicted octanol–water partition coefficient (Wildman–Crippen LogP) is 2.19. The molecule has 0 bridgehead atoms. The Hall–Kier alpha value is -1.15. The molecule has 1 aromatic rings. The maximum atomic E-state index is 12.7. The molecule has 0 radical (unpaired) electrons. The summed E-state index contributed by atoms with van der Waals surface area (Å²) in [6, 6.07) is 5.07. The van der Waals surface area contributed by atoms with Crippen molar-refractivity contribution in [3.8, 4) is 0 Å². The van der Waals surface area contributed by atoms with Gasteiger partial charge in [0.15, 0.2) is 0 Å². The Morgan fingerprint density at radius 3 is 2.41 bits per heavy atom. The molecular weight excluding hydrogens is 386 g/mol. The number of amides is 1. The molecule has 1 aromatic carbocycles. The molecule has 1 amide bonds. The van der Waals surface area contributed by atoms with Crippen LogP contribution in [0.2, 0.25) is 0 Å². The third-order valence-electron chi connectivity index (χ3n) is 5.31. The minimum Gasteiger partial charge on any atom is -0.342 e. The molecule has 0 aliphatic carbocycles. The summed E-state index contributed by atoms with van der Waals surface area (Å²) in [5, 5.41) is 3.16. The highest BCUT2D eigenvalue weighted by atomic mass is 35.5. The van der Waals surface area contributed by atoms with Gasteiger partial charge >= 0.3 is 0 Å². The Kier molecular flexibility index (Phi) is 9.21. The van der Waals surface area contributed by atoms with E-state index in [9.17, 15) is 13.2 Å². The van der Waals surface area contributed by atoms with Crippen LogP contribution in [0.5, 0.6) is 0 Å². The maximum absolute atomic E-state index is 12.7. The van der Waals surface area contributed by atoms with E-state index in [0.717, 1.165) is 41.2 Å². The zero-order valence-electron chi connectivity index (χ0n) is 16.7. The van der Waals surface area contributed by atoms with Crippen molar-refractivity contribution in [1.29, 1.82) is 0 Å². The highest BCUT2D eigenvalue weighted by Gasteiger charge is 2.27. The van der Waals surface area contributed by atoms with Gasteiger partial charge in [0.2, 0.25) is 15.9 Å². The average Bonchev–Trinajstić information content (AvgIpc) is 2.62. The second-order valence-electron chi connectivity index (χ2n) is 7.22. The lowest BCUT2D eigenvalue weighted by molar-refractivity contribution is -0.132. The van der Waals surface area contributed by atoms with Crippen molar-refractivity contribution in [3.63, 3.8) is 0 Å². The van der Waals surface area contributed by atoms with Gasteiger partial charge in [-0.1, -0.05) is 6.07 Å². The van der Waals surface area contributed by atoms with E-state index in [1.54, 1.807) is 23.1 Å². The fraction of sp³-hybridized carbons (Fsp3) is 0.632. The Bertz CT molecular complexity index is 732. The zero-order valence-corrected chi connectivity index (χ0v) is 18.3. The summed E-state index contributed by atoms with van der Waals surface area (Å²) in [6.45, 7) is 6.14. The van der Waals surface area contributed by atoms with Crippen LogP contribution in [-0.4, -0.2) is 63.8 Å². The summed E-state index contributed by atoms with van der Waals surface area (Å²) in [5.74, 6) is 0.524. The van der Waals surface area contributed by atoms with E-state index in [1.807, 2.05) is 20.9 Å². The smallest absolute Gasteiger partial charge is 0.243 e. The number of sulfonamides is 1. The molecule has 0 saturated carbocycles. The summed E-state index contributed by atoms with van der Waals surface area (Å²) in [5.41, 5.74) is 1.97. The molecule has 6 nitrogen and oxygen atoms in total. The standard InChI is InChI=1S/C19H31N3O3S.ClH/c1-15-5-6-18(13-16(15)2)26(24,25)21(4)14-19(23)22-11-8-17(9-12-22)7-10-20-3;/h5-6,13,17,20H,7-12,14H2,1-4H3;1H. The van der Waals surface area contributed by atoms with Crippen LogP contribution in [-0.2, 0) is 14.8 Å². The van der Waals surface area contributed by atoms with Crippen LogP contribution in [0.25, 0.3) is 0 Å². The number of nitrogens with zero attached hydrogens (tertiary/aromatic N) is 2. The van der Waals surface area contributed by atoms with Gasteiger partial charge in [-0.25, -0.2) is 8.42 Å². The van der Waals surface area contributed by atoms with Crippen molar-refractivity contribution in [2.45, 2.75) is 38.0 Å². The first-order valence-corrected chi connectivity index (χ1v) is 10.7. The van der Waals surface area contributed by atoms with E-state index < -0.39 is 10.0 Å². The van der Waals surface area contributed by atoms with E-state index in [2.05, 4.69) is 5.32 Å². The van der Waals surface area contributed by atoms with Gasteiger partial charge in [0.05, 0.1) is 11.4 Å². The van der Waals surface area contributed by atoms with E-state index in [0.29, 0.717) is 19.0 Å². The Labute approximate surface area is 169 Å². The number of carbonyl (C=O) groups excluding carboxylic acids is 1. The number of piperidine rings is 1. The first-order chi connectivity index (χ1) is 12.3. The molecule has 2 rings (SSSR count). The number of likely N-dealkylation sites (N-methyl/N-ethyl adjacent to an activating group) is 1. The molecule has 1 heterocycles. The van der Waals surface area contributed by atoms with Gasteiger partial charge in [-0.05, 0) is 75.9 Å². The second kappa shape index (κ2) is 10.4. The minimum absolute atomic E-state index is 0. The normalized spacial score (nSPS) is 15.7. The molecular formula is C19H32ClN3O3S. The lowest BCUT2D eigenvalue weighted by atomic mass is 9.93. The van der Waals surface area contributed by atoms with Crippen LogP contribution in [0.4, 0.5) is 0 Å². The van der Waals surface area contributed by atoms with Crippen LogP contribution < -0.4 is 5.32 Å². The monoisotopic (exact) mass is 417 g/mol. The number of hydrogen-bond donors (Lipinski definition) is 1. The molecule has 27 heavy (non-hydrogen) atoms. The molecule has 0 unspecified atom stereocenters. The fourth-order valence-electron chi connectivity index (χ4n) is 3.25. The van der Waals surface area contributed by atoms with E-state index >= 15 is 0 Å². The summed E-state index contributed by atoms with van der Waals surface area (Å²) in [6.07, 6.45) is 3.10. The van der Waals surface area contributed by atoms with E-state index in [1.165, 1.54) is 7.05 Å². The van der Waals surface area contributed by atoms with Crippen LogP contribution in [0.15, 0.2) is 23.1 Å². The van der Waals surface area contributed by atoms with Gasteiger partial charge in [-0.2, -0.15) is 4.31 Å². The molecule has 1 N–H and O–H groups in total. The molecule has 1 aliphatic rings. The molecule has 0 atom stereocenters. The quantitative estimate of drug-likeness (QED) is 0.738. The van der Waals surface area contributed by atoms with Crippen LogP contribution >= 0.6 is 12.4 Å². The van der Waals surface area contributed by atoms with E-state index in [4.69, 9.17) is 0 Å². The summed E-state index contributed by atoms with van der Waals surface area (Å²) >= 11 is 0. The zero-order chi connectivity index (χ0) is 19.3. The highest BCUT2D eigenvalue weighted by Crippen LogP contribution is 2.21. The van der Waals surface area contributed by atoms with Gasteiger partial charge in [0, 0.05) is 20.1 Å². The number of benzene rings is 1. The number of likely N-dealkylation sites (tertiary alicyclic amines) is 1. The van der Waals surface area contributed by atoms with Gasteiger partial charge in [0.25, 0.3) is 0 Å². The molecule has 1 saturated heterocycles. The topological polar surface area (TPSA) is 69.7 Å². The van der Waals surface area contributed by atoms with Crippen LogP contribution in [0.3, 0.4) is 0 Å². The number of aryl methyl sites for hydroxylation is 2. The van der Waals surface area contributed by atoms with Crippen molar-refractivity contribution >= 4 is 28.3 Å². The van der Waals surface area contributed by atoms with Gasteiger partial charge < -0.3 is 10.2 Å². The van der Waals surface area contributed by atoms with Crippen molar-refractivity contribution in [3.05, 3.63) is 29.3 Å². The molecule has 1 aliphatic heterocycles. The number of hydrogen-bond acceptors (Lipinski definition) is 4. The highest BCUT2D eigenvalue weighted by molar-refractivity contribution is 7.89. The summed E-state index contributed by atoms with van der Waals surface area (Å²) in [7, 11) is -0.234. The number of carbonyl (C=O) groups is 1. The maximum Gasteiger partial charge on any atom is 0.243 e. The summed E-state index contributed by atoms with van der Waals surface area (Å²) < 4.78 is 26.6. The lowest BCUT2D eigenvalue weighted by Crippen LogP contribution is -2.44. The fourth-order valence-corrected chi connectivity index (χ4v) is 4.46. The molecule has 8 heteroatoms. The van der Waals surface area contributed by atoms with Crippen molar-refractivity contribution < 1.29 is 13.2 Å². The van der Waals surface area contributed by atoms with Crippen molar-refractivity contribution in [2.75, 3.05) is 40.3 Å². The van der Waals surface area contributed by atoms with Crippen LogP contribution in [0.1, 0.15) is 30.4 Å². The Morgan fingerprint density at radius 1 is 1.22 bits per heavy atom. The second-order valence-corrected chi connectivity index (χ2v) is 9.27. The number of rotatable bonds is 7. The Morgan fingerprint density at radius 2 is 1.85 bits per heavy atom. The third kappa shape index (κ3) is 6.17. The minimum atomic E-state index is -3.66. The molecule has 0 aromatic heterocycles. The first-order valence-electron chi connectivity index (χ1n) is 9.21. The van der Waals surface area contributed by atoms with Crippen molar-refractivity contribution in [1.82, 2.24) is 14.5 Å². The van der Waals surface area contributed by atoms with Crippen molar-refractivity contribution in [2.24, 2.45) is 5.92 Å². The lowest BCUT2D eigenvalue weighted by Gasteiger charge is -2.33. The first kappa shape index (κ1) is 23.9. The van der Waals surface area contributed by atoms with Gasteiger partial charge in [-0.15, -0.1) is 12.4 Å². The van der Waals surface area contributed by atoms with Crippen LogP contribution in [0, 0.1) is 19.8 Å².